The number of hydrogen-bond acceptors (Lipinski definition) is 5. The zero-order valence-corrected chi connectivity index (χ0v) is 12.1. The molecule has 0 saturated heterocycles. The normalized spacial score (nSPS) is 10.7. The Kier molecular flexibility index (Phi) is 3.92. The van der Waals surface area contributed by atoms with Crippen molar-refractivity contribution in [3.8, 4) is 0 Å². The van der Waals surface area contributed by atoms with Crippen molar-refractivity contribution in [1.29, 1.82) is 0 Å². The van der Waals surface area contributed by atoms with Crippen LogP contribution >= 0.6 is 0 Å². The van der Waals surface area contributed by atoms with E-state index in [1.807, 2.05) is 0 Å². The quantitative estimate of drug-likeness (QED) is 0.746. The lowest BCUT2D eigenvalue weighted by atomic mass is 10.1. The maximum absolute atomic E-state index is 13.7. The first kappa shape index (κ1) is 15.0. The van der Waals surface area contributed by atoms with E-state index in [1.165, 1.54) is 25.4 Å². The summed E-state index contributed by atoms with van der Waals surface area (Å²) in [5.74, 6) is -1.42. The molecule has 0 aliphatic carbocycles. The van der Waals surface area contributed by atoms with Crippen molar-refractivity contribution in [2.75, 3.05) is 12.4 Å². The van der Waals surface area contributed by atoms with Gasteiger partial charge in [-0.05, 0) is 24.3 Å². The molecule has 2 aromatic heterocycles. The maximum atomic E-state index is 13.7. The van der Waals surface area contributed by atoms with E-state index < -0.39 is 17.6 Å². The molecule has 5 nitrogen and oxygen atoms in total. The summed E-state index contributed by atoms with van der Waals surface area (Å²) < 4.78 is 37.0. The number of hydrogen-bond donors (Lipinski definition) is 1. The minimum Gasteiger partial charge on any atom is -0.463 e. The number of carbonyl (C=O) groups excluding carboxylic acids is 1. The number of nitrogens with one attached hydrogen (secondary N) is 1. The van der Waals surface area contributed by atoms with E-state index in [0.29, 0.717) is 16.8 Å². The minimum absolute atomic E-state index is 0.0751. The molecule has 0 aliphatic heterocycles. The molecule has 2 heterocycles. The highest BCUT2D eigenvalue weighted by molar-refractivity contribution is 5.91. The lowest BCUT2D eigenvalue weighted by Crippen LogP contribution is -2.01. The van der Waals surface area contributed by atoms with Crippen LogP contribution in [0, 0.1) is 11.6 Å². The van der Waals surface area contributed by atoms with E-state index >= 15 is 0 Å². The Hall–Kier alpha value is -2.96. The van der Waals surface area contributed by atoms with Gasteiger partial charge in [-0.2, -0.15) is 0 Å². The first-order chi connectivity index (χ1) is 11.1. The number of nitrogens with zero attached hydrogens (tertiary/aromatic N) is 1. The van der Waals surface area contributed by atoms with Gasteiger partial charge in [-0.15, -0.1) is 0 Å². The Morgan fingerprint density at radius 1 is 1.30 bits per heavy atom. The van der Waals surface area contributed by atoms with Crippen LogP contribution in [-0.4, -0.2) is 18.1 Å². The molecule has 0 saturated carbocycles. The van der Waals surface area contributed by atoms with E-state index in [-0.39, 0.29) is 17.8 Å². The van der Waals surface area contributed by atoms with E-state index in [0.717, 1.165) is 6.07 Å². The van der Waals surface area contributed by atoms with Crippen LogP contribution in [0.3, 0.4) is 0 Å². The number of fused-ring (bicyclic) bond motifs is 1. The first-order valence-corrected chi connectivity index (χ1v) is 6.73. The number of benzene rings is 1. The molecule has 0 unspecified atom stereocenters. The molecular formula is C16H12F2N2O3. The number of esters is 1. The maximum Gasteiger partial charge on any atom is 0.373 e. The number of halogens is 2. The van der Waals surface area contributed by atoms with Crippen LogP contribution in [0.15, 0.2) is 40.9 Å². The molecule has 0 atom stereocenters. The molecule has 118 valence electrons. The van der Waals surface area contributed by atoms with Gasteiger partial charge in [0, 0.05) is 23.3 Å². The summed E-state index contributed by atoms with van der Waals surface area (Å²) in [7, 11) is 1.26. The second-order valence-corrected chi connectivity index (χ2v) is 4.75. The fourth-order valence-corrected chi connectivity index (χ4v) is 2.20. The molecule has 0 fully saturated rings. The fraction of sp³-hybridized carbons (Fsp3) is 0.125. The average molecular weight is 318 g/mol. The molecule has 23 heavy (non-hydrogen) atoms. The smallest absolute Gasteiger partial charge is 0.373 e. The van der Waals surface area contributed by atoms with Crippen LogP contribution < -0.4 is 5.32 Å². The molecule has 0 bridgehead atoms. The van der Waals surface area contributed by atoms with Gasteiger partial charge in [0.05, 0.1) is 13.7 Å². The van der Waals surface area contributed by atoms with E-state index in [9.17, 15) is 13.6 Å². The van der Waals surface area contributed by atoms with Gasteiger partial charge in [0.1, 0.15) is 17.1 Å². The Labute approximate surface area is 129 Å². The van der Waals surface area contributed by atoms with E-state index in [2.05, 4.69) is 15.0 Å². The predicted molar refractivity (Wildman–Crippen MR) is 79.0 cm³/mol. The highest BCUT2D eigenvalue weighted by Gasteiger charge is 2.12. The molecule has 3 rings (SSSR count). The minimum atomic E-state index is -0.727. The number of ether oxygens (including phenoxy) is 1. The summed E-state index contributed by atoms with van der Waals surface area (Å²) >= 11 is 0. The summed E-state index contributed by atoms with van der Waals surface area (Å²) in [5.41, 5.74) is 0.579. The topological polar surface area (TPSA) is 64.4 Å². The van der Waals surface area contributed by atoms with Crippen molar-refractivity contribution in [2.45, 2.75) is 6.54 Å². The third-order valence-electron chi connectivity index (χ3n) is 3.26. The van der Waals surface area contributed by atoms with E-state index in [4.69, 9.17) is 4.42 Å². The largest absolute Gasteiger partial charge is 0.463 e. The van der Waals surface area contributed by atoms with Crippen molar-refractivity contribution in [2.24, 2.45) is 0 Å². The highest BCUT2D eigenvalue weighted by Crippen LogP contribution is 2.25. The number of anilines is 1. The molecule has 1 aromatic carbocycles. The van der Waals surface area contributed by atoms with Gasteiger partial charge >= 0.3 is 5.97 Å². The summed E-state index contributed by atoms with van der Waals surface area (Å²) in [5, 5.41) is 3.33. The van der Waals surface area contributed by atoms with Crippen LogP contribution in [0.25, 0.3) is 10.9 Å². The van der Waals surface area contributed by atoms with Crippen molar-refractivity contribution in [3.63, 3.8) is 0 Å². The van der Waals surface area contributed by atoms with Gasteiger partial charge in [-0.1, -0.05) is 0 Å². The predicted octanol–water partition coefficient (Wildman–Crippen LogP) is 3.50. The molecule has 0 aliphatic rings. The van der Waals surface area contributed by atoms with Gasteiger partial charge in [-0.25, -0.2) is 13.6 Å². The highest BCUT2D eigenvalue weighted by atomic mass is 19.1. The number of aromatic nitrogens is 1. The van der Waals surface area contributed by atoms with Crippen molar-refractivity contribution in [1.82, 2.24) is 4.98 Å². The Bertz CT molecular complexity index is 877. The first-order valence-electron chi connectivity index (χ1n) is 6.73. The lowest BCUT2D eigenvalue weighted by Gasteiger charge is -2.08. The second-order valence-electron chi connectivity index (χ2n) is 4.75. The Morgan fingerprint density at radius 2 is 2.13 bits per heavy atom. The third kappa shape index (κ3) is 2.98. The number of furan rings is 1. The third-order valence-corrected chi connectivity index (χ3v) is 3.26. The van der Waals surface area contributed by atoms with E-state index in [1.54, 1.807) is 12.1 Å². The summed E-state index contributed by atoms with van der Waals surface area (Å²) in [4.78, 5) is 15.2. The standard InChI is InChI=1S/C16H12F2N2O3/c1-22-16(21)14-3-2-10(23-14)8-20-13-4-5-19-15-11(13)6-9(17)7-12(15)18/h2-7H,8H2,1H3,(H,19,20). The molecule has 3 aromatic rings. The zero-order valence-electron chi connectivity index (χ0n) is 12.1. The van der Waals surface area contributed by atoms with Crippen LogP contribution in [0.4, 0.5) is 14.5 Å². The van der Waals surface area contributed by atoms with Gasteiger partial charge in [0.15, 0.2) is 5.82 Å². The van der Waals surface area contributed by atoms with Crippen LogP contribution in [-0.2, 0) is 11.3 Å². The zero-order chi connectivity index (χ0) is 16.4. The van der Waals surface area contributed by atoms with Crippen LogP contribution in [0.5, 0.6) is 0 Å². The number of carbonyl (C=O) groups is 1. The second kappa shape index (κ2) is 6.04. The Balaban J connectivity index is 1.85. The van der Waals surface area contributed by atoms with Gasteiger partial charge in [0.2, 0.25) is 5.76 Å². The molecular weight excluding hydrogens is 306 g/mol. The van der Waals surface area contributed by atoms with Crippen LogP contribution in [0.1, 0.15) is 16.3 Å². The van der Waals surface area contributed by atoms with Gasteiger partial charge in [-0.3, -0.25) is 4.98 Å². The summed E-state index contributed by atoms with van der Waals surface area (Å²) in [6, 6.07) is 6.70. The fourth-order valence-electron chi connectivity index (χ4n) is 2.20. The van der Waals surface area contributed by atoms with Crippen molar-refractivity contribution < 1.29 is 22.7 Å². The number of pyridine rings is 1. The average Bonchev–Trinajstić information content (AvgIpc) is 3.01. The number of rotatable bonds is 4. The summed E-state index contributed by atoms with van der Waals surface area (Å²) in [6.07, 6.45) is 1.42. The molecule has 0 spiro atoms. The summed E-state index contributed by atoms with van der Waals surface area (Å²) in [6.45, 7) is 0.230. The van der Waals surface area contributed by atoms with Crippen molar-refractivity contribution >= 4 is 22.6 Å². The lowest BCUT2D eigenvalue weighted by molar-refractivity contribution is 0.0563. The van der Waals surface area contributed by atoms with Gasteiger partial charge < -0.3 is 14.5 Å². The van der Waals surface area contributed by atoms with Crippen molar-refractivity contribution in [3.05, 3.63) is 59.7 Å². The monoisotopic (exact) mass is 318 g/mol. The number of methoxy groups -OCH3 is 1. The Morgan fingerprint density at radius 3 is 2.91 bits per heavy atom. The molecule has 7 heteroatoms. The SMILES string of the molecule is COC(=O)c1ccc(CNc2ccnc3c(F)cc(F)cc23)o1. The van der Waals surface area contributed by atoms with Gasteiger partial charge in [0.25, 0.3) is 0 Å². The molecule has 0 radical (unpaired) electrons. The van der Waals surface area contributed by atoms with Crippen LogP contribution in [0.2, 0.25) is 0 Å². The molecule has 1 N–H and O–H groups in total. The molecule has 0 amide bonds.